The second kappa shape index (κ2) is 4.54. The maximum Gasteiger partial charge on any atom is 0.262 e. The third-order valence-electron chi connectivity index (χ3n) is 3.88. The van der Waals surface area contributed by atoms with E-state index in [1.165, 1.54) is 19.3 Å². The first kappa shape index (κ1) is 13.2. The Morgan fingerprint density at radius 1 is 1.13 bits per heavy atom. The van der Waals surface area contributed by atoms with Gasteiger partial charge in [0.15, 0.2) is 0 Å². The molecule has 2 fully saturated rings. The molecule has 15 heavy (non-hydrogen) atoms. The molecule has 2 rings (SSSR count). The van der Waals surface area contributed by atoms with E-state index < -0.39 is 5.92 Å². The number of alkyl halides is 2. The van der Waals surface area contributed by atoms with Gasteiger partial charge in [-0.25, -0.2) is 8.78 Å². The largest absolute Gasteiger partial charge is 0.305 e. The molecule has 1 aliphatic carbocycles. The van der Waals surface area contributed by atoms with Crippen LogP contribution in [-0.2, 0) is 0 Å². The van der Waals surface area contributed by atoms with Gasteiger partial charge in [0.25, 0.3) is 5.92 Å². The quantitative estimate of drug-likeness (QED) is 0.740. The maximum atomic E-state index is 13.1. The fourth-order valence-corrected chi connectivity index (χ4v) is 3.02. The highest BCUT2D eigenvalue weighted by Crippen LogP contribution is 2.42. The van der Waals surface area contributed by atoms with Gasteiger partial charge in [0, 0.05) is 12.0 Å². The Morgan fingerprint density at radius 2 is 1.73 bits per heavy atom. The van der Waals surface area contributed by atoms with E-state index in [9.17, 15) is 8.78 Å². The van der Waals surface area contributed by atoms with Crippen LogP contribution in [0.4, 0.5) is 8.78 Å². The molecule has 1 saturated heterocycles. The van der Waals surface area contributed by atoms with Crippen molar-refractivity contribution in [1.82, 2.24) is 5.32 Å². The average Bonchev–Trinajstić information content (AvgIpc) is 2.44. The number of nitrogens with one attached hydrogen (secondary N) is 1. The van der Waals surface area contributed by atoms with Crippen molar-refractivity contribution in [1.29, 1.82) is 0 Å². The van der Waals surface area contributed by atoms with Crippen LogP contribution in [0.25, 0.3) is 0 Å². The van der Waals surface area contributed by atoms with Gasteiger partial charge in [-0.3, -0.25) is 0 Å². The first-order chi connectivity index (χ1) is 6.52. The SMILES string of the molecule is CC1(C2CCCCC2)CC(F)(F)CN1.Cl. The zero-order valence-electron chi connectivity index (χ0n) is 9.19. The molecule has 4 heteroatoms. The molecule has 1 heterocycles. The summed E-state index contributed by atoms with van der Waals surface area (Å²) in [5.74, 6) is -2.02. The van der Waals surface area contributed by atoms with Crippen LogP contribution in [0.15, 0.2) is 0 Å². The van der Waals surface area contributed by atoms with Gasteiger partial charge in [-0.2, -0.15) is 0 Å². The van der Waals surface area contributed by atoms with Crippen LogP contribution in [0, 0.1) is 5.92 Å². The van der Waals surface area contributed by atoms with E-state index in [0.717, 1.165) is 12.8 Å². The van der Waals surface area contributed by atoms with Crippen molar-refractivity contribution in [2.75, 3.05) is 6.54 Å². The number of halogens is 3. The maximum absolute atomic E-state index is 13.1. The lowest BCUT2D eigenvalue weighted by Crippen LogP contribution is -2.44. The first-order valence-electron chi connectivity index (χ1n) is 5.65. The summed E-state index contributed by atoms with van der Waals surface area (Å²) < 4.78 is 26.3. The summed E-state index contributed by atoms with van der Waals surface area (Å²) in [5, 5.41) is 3.04. The predicted octanol–water partition coefficient (Wildman–Crippen LogP) is 3.38. The van der Waals surface area contributed by atoms with Crippen molar-refractivity contribution in [3.05, 3.63) is 0 Å². The van der Waals surface area contributed by atoms with Crippen molar-refractivity contribution in [3.63, 3.8) is 0 Å². The smallest absolute Gasteiger partial charge is 0.262 e. The van der Waals surface area contributed by atoms with E-state index in [1.807, 2.05) is 6.92 Å². The topological polar surface area (TPSA) is 12.0 Å². The highest BCUT2D eigenvalue weighted by atomic mass is 35.5. The standard InChI is InChI=1S/C11H19F2N.ClH/c1-10(7-11(12,13)8-14-10)9-5-3-2-4-6-9;/h9,14H,2-8H2,1H3;1H. The Balaban J connectivity index is 0.00000112. The third-order valence-corrected chi connectivity index (χ3v) is 3.88. The van der Waals surface area contributed by atoms with Crippen LogP contribution in [0.5, 0.6) is 0 Å². The molecule has 90 valence electrons. The first-order valence-corrected chi connectivity index (χ1v) is 5.65. The van der Waals surface area contributed by atoms with Crippen LogP contribution >= 0.6 is 12.4 Å². The van der Waals surface area contributed by atoms with Crippen molar-refractivity contribution in [3.8, 4) is 0 Å². The molecule has 0 spiro atoms. The molecular formula is C11H20ClF2N. The molecule has 2 aliphatic rings. The third kappa shape index (κ3) is 2.82. The Labute approximate surface area is 96.4 Å². The van der Waals surface area contributed by atoms with Gasteiger partial charge in [-0.15, -0.1) is 12.4 Å². The molecule has 1 aliphatic heterocycles. The Morgan fingerprint density at radius 3 is 2.20 bits per heavy atom. The summed E-state index contributed by atoms with van der Waals surface area (Å²) in [6, 6.07) is 0. The predicted molar refractivity (Wildman–Crippen MR) is 59.8 cm³/mol. The summed E-state index contributed by atoms with van der Waals surface area (Å²) >= 11 is 0. The highest BCUT2D eigenvalue weighted by molar-refractivity contribution is 5.85. The van der Waals surface area contributed by atoms with E-state index >= 15 is 0 Å². The van der Waals surface area contributed by atoms with E-state index in [2.05, 4.69) is 5.32 Å². The Bertz CT molecular complexity index is 217. The van der Waals surface area contributed by atoms with E-state index in [0.29, 0.717) is 5.92 Å². The van der Waals surface area contributed by atoms with Gasteiger partial charge in [-0.1, -0.05) is 19.3 Å². The zero-order valence-corrected chi connectivity index (χ0v) is 10.0. The second-order valence-corrected chi connectivity index (χ2v) is 5.14. The van der Waals surface area contributed by atoms with Gasteiger partial charge >= 0.3 is 0 Å². The summed E-state index contributed by atoms with van der Waals surface area (Å²) in [6.45, 7) is 1.85. The molecule has 1 atom stereocenters. The molecule has 0 aromatic rings. The van der Waals surface area contributed by atoms with Gasteiger partial charge < -0.3 is 5.32 Å². The molecule has 0 aromatic carbocycles. The minimum Gasteiger partial charge on any atom is -0.305 e. The van der Waals surface area contributed by atoms with E-state index in [-0.39, 0.29) is 30.9 Å². The van der Waals surface area contributed by atoms with Crippen LogP contribution in [0.3, 0.4) is 0 Å². The van der Waals surface area contributed by atoms with Gasteiger partial charge in [0.05, 0.1) is 6.54 Å². The number of hydrogen-bond donors (Lipinski definition) is 1. The zero-order chi connectivity index (χ0) is 10.2. The van der Waals surface area contributed by atoms with Crippen LogP contribution in [-0.4, -0.2) is 18.0 Å². The molecule has 1 saturated carbocycles. The fraction of sp³-hybridized carbons (Fsp3) is 1.00. The minimum atomic E-state index is -2.48. The lowest BCUT2D eigenvalue weighted by molar-refractivity contribution is 0.0110. The summed E-state index contributed by atoms with van der Waals surface area (Å²) in [6.07, 6.45) is 5.99. The summed E-state index contributed by atoms with van der Waals surface area (Å²) in [5.41, 5.74) is -0.302. The van der Waals surface area contributed by atoms with Gasteiger partial charge in [-0.05, 0) is 25.7 Å². The van der Waals surface area contributed by atoms with Crippen molar-refractivity contribution in [2.24, 2.45) is 5.92 Å². The number of rotatable bonds is 1. The summed E-state index contributed by atoms with van der Waals surface area (Å²) in [4.78, 5) is 0. The van der Waals surface area contributed by atoms with E-state index in [1.54, 1.807) is 0 Å². The van der Waals surface area contributed by atoms with E-state index in [4.69, 9.17) is 0 Å². The molecule has 0 radical (unpaired) electrons. The van der Waals surface area contributed by atoms with Gasteiger partial charge in [0.2, 0.25) is 0 Å². The van der Waals surface area contributed by atoms with Gasteiger partial charge in [0.1, 0.15) is 0 Å². The molecule has 1 N–H and O–H groups in total. The summed E-state index contributed by atoms with van der Waals surface area (Å²) in [7, 11) is 0. The monoisotopic (exact) mass is 239 g/mol. The molecule has 1 unspecified atom stereocenters. The highest BCUT2D eigenvalue weighted by Gasteiger charge is 2.49. The molecule has 1 nitrogen and oxygen atoms in total. The van der Waals surface area contributed by atoms with Crippen molar-refractivity contribution in [2.45, 2.75) is 56.9 Å². The van der Waals surface area contributed by atoms with Crippen LogP contribution < -0.4 is 5.32 Å². The van der Waals surface area contributed by atoms with Crippen molar-refractivity contribution < 1.29 is 8.78 Å². The fourth-order valence-electron chi connectivity index (χ4n) is 3.02. The van der Waals surface area contributed by atoms with Crippen LogP contribution in [0.2, 0.25) is 0 Å². The lowest BCUT2D eigenvalue weighted by Gasteiger charge is -2.36. The number of hydrogen-bond acceptors (Lipinski definition) is 1. The average molecular weight is 240 g/mol. The molecule has 0 aromatic heterocycles. The Kier molecular flexibility index (Phi) is 3.99. The van der Waals surface area contributed by atoms with Crippen molar-refractivity contribution >= 4 is 12.4 Å². The minimum absolute atomic E-state index is 0. The normalized spacial score (nSPS) is 36.2. The molecule has 0 amide bonds. The molecule has 0 bridgehead atoms. The second-order valence-electron chi connectivity index (χ2n) is 5.14. The molecular weight excluding hydrogens is 220 g/mol. The lowest BCUT2D eigenvalue weighted by atomic mass is 9.75. The van der Waals surface area contributed by atoms with Crippen LogP contribution in [0.1, 0.15) is 45.4 Å². The Hall–Kier alpha value is 0.110.